The minimum Gasteiger partial charge on any atom is -0.398 e. The molecule has 0 aliphatic heterocycles. The fourth-order valence-electron chi connectivity index (χ4n) is 1.66. The highest BCUT2D eigenvalue weighted by molar-refractivity contribution is 7.98. The number of anilines is 2. The number of nitrogens with two attached hydrogens (primary N) is 1. The van der Waals surface area contributed by atoms with Gasteiger partial charge in [0.05, 0.1) is 4.92 Å². The highest BCUT2D eigenvalue weighted by atomic mass is 32.2. The van der Waals surface area contributed by atoms with E-state index in [1.165, 1.54) is 6.07 Å². The summed E-state index contributed by atoms with van der Waals surface area (Å²) < 4.78 is 0. The minimum absolute atomic E-state index is 0.0360. The summed E-state index contributed by atoms with van der Waals surface area (Å²) in [5.74, 6) is 1.07. The van der Waals surface area contributed by atoms with Crippen molar-refractivity contribution in [1.82, 2.24) is 0 Å². The van der Waals surface area contributed by atoms with Crippen LogP contribution in [-0.4, -0.2) is 30.0 Å². The van der Waals surface area contributed by atoms with Gasteiger partial charge in [0.1, 0.15) is 0 Å². The van der Waals surface area contributed by atoms with Gasteiger partial charge in [0.25, 0.3) is 5.69 Å². The van der Waals surface area contributed by atoms with E-state index in [1.807, 2.05) is 11.9 Å². The van der Waals surface area contributed by atoms with Gasteiger partial charge in [0.15, 0.2) is 0 Å². The van der Waals surface area contributed by atoms with Gasteiger partial charge in [0.2, 0.25) is 0 Å². The first-order valence-electron chi connectivity index (χ1n) is 5.72. The number of benzene rings is 1. The lowest BCUT2D eigenvalue weighted by Crippen LogP contribution is -2.29. The van der Waals surface area contributed by atoms with Crippen molar-refractivity contribution in [2.75, 3.05) is 29.7 Å². The van der Waals surface area contributed by atoms with Gasteiger partial charge < -0.3 is 10.6 Å². The molecule has 0 aliphatic carbocycles. The smallest absolute Gasteiger partial charge is 0.273 e. The third-order valence-corrected chi connectivity index (χ3v) is 3.59. The lowest BCUT2D eigenvalue weighted by Gasteiger charge is -2.27. The Morgan fingerprint density at radius 1 is 1.50 bits per heavy atom. The van der Waals surface area contributed by atoms with E-state index in [0.717, 1.165) is 17.9 Å². The van der Waals surface area contributed by atoms with E-state index in [4.69, 9.17) is 5.73 Å². The molecule has 6 heteroatoms. The zero-order valence-corrected chi connectivity index (χ0v) is 11.7. The summed E-state index contributed by atoms with van der Waals surface area (Å²) in [6.07, 6.45) is 3.10. The summed E-state index contributed by atoms with van der Waals surface area (Å²) in [6.45, 7) is 2.10. The molecule has 1 aromatic rings. The van der Waals surface area contributed by atoms with Gasteiger partial charge in [-0.2, -0.15) is 11.8 Å². The Kier molecular flexibility index (Phi) is 5.27. The molecule has 100 valence electrons. The van der Waals surface area contributed by atoms with Crippen LogP contribution in [0, 0.1) is 10.1 Å². The Morgan fingerprint density at radius 3 is 2.72 bits per heavy atom. The van der Waals surface area contributed by atoms with Gasteiger partial charge in [-0.1, -0.05) is 0 Å². The zero-order chi connectivity index (χ0) is 13.7. The van der Waals surface area contributed by atoms with E-state index in [0.29, 0.717) is 11.7 Å². The van der Waals surface area contributed by atoms with Crippen LogP contribution in [0.25, 0.3) is 0 Å². The molecule has 0 radical (unpaired) electrons. The van der Waals surface area contributed by atoms with Crippen LogP contribution in [0.5, 0.6) is 0 Å². The van der Waals surface area contributed by atoms with Crippen LogP contribution >= 0.6 is 11.8 Å². The summed E-state index contributed by atoms with van der Waals surface area (Å²) >= 11 is 1.79. The Labute approximate surface area is 111 Å². The predicted octanol–water partition coefficient (Wildman–Crippen LogP) is 2.75. The Balaban J connectivity index is 2.91. The maximum absolute atomic E-state index is 10.8. The van der Waals surface area contributed by atoms with Crippen molar-refractivity contribution in [1.29, 1.82) is 0 Å². The first-order valence-corrected chi connectivity index (χ1v) is 7.11. The molecule has 2 N–H and O–H groups in total. The van der Waals surface area contributed by atoms with E-state index in [2.05, 4.69) is 13.2 Å². The molecule has 0 spiro atoms. The summed E-state index contributed by atoms with van der Waals surface area (Å²) in [7, 11) is 1.93. The molecular formula is C12H19N3O2S. The molecule has 0 saturated carbocycles. The number of nitrogens with zero attached hydrogens (tertiary/aromatic N) is 2. The number of rotatable bonds is 6. The molecule has 1 rings (SSSR count). The van der Waals surface area contributed by atoms with Crippen LogP contribution in [0.3, 0.4) is 0 Å². The van der Waals surface area contributed by atoms with Gasteiger partial charge in [-0.15, -0.1) is 0 Å². The highest BCUT2D eigenvalue weighted by Gasteiger charge is 2.14. The summed E-state index contributed by atoms with van der Waals surface area (Å²) in [5.41, 5.74) is 6.94. The number of non-ortho nitro benzene ring substituents is 1. The van der Waals surface area contributed by atoms with E-state index >= 15 is 0 Å². The molecule has 0 heterocycles. The van der Waals surface area contributed by atoms with Crippen LogP contribution < -0.4 is 10.6 Å². The largest absolute Gasteiger partial charge is 0.398 e. The number of hydrogen-bond acceptors (Lipinski definition) is 5. The van der Waals surface area contributed by atoms with Gasteiger partial charge in [-0.25, -0.2) is 0 Å². The topological polar surface area (TPSA) is 72.4 Å². The molecule has 0 aliphatic rings. The summed E-state index contributed by atoms with van der Waals surface area (Å²) in [4.78, 5) is 12.4. The molecular weight excluding hydrogens is 250 g/mol. The fraction of sp³-hybridized carbons (Fsp3) is 0.500. The average Bonchev–Trinajstić information content (AvgIpc) is 2.34. The molecule has 1 unspecified atom stereocenters. The van der Waals surface area contributed by atoms with E-state index in [-0.39, 0.29) is 5.69 Å². The standard InChI is InChI=1S/C12H19N3O2S/c1-9(4-5-18-3)14(2)11-6-10(13)7-12(8-11)15(16)17/h6-9H,4-5,13H2,1-3H3. The van der Waals surface area contributed by atoms with E-state index in [1.54, 1.807) is 23.9 Å². The van der Waals surface area contributed by atoms with E-state index in [9.17, 15) is 10.1 Å². The molecule has 5 nitrogen and oxygen atoms in total. The predicted molar refractivity (Wildman–Crippen MR) is 78.4 cm³/mol. The maximum atomic E-state index is 10.8. The van der Waals surface area contributed by atoms with Gasteiger partial charge in [-0.05, 0) is 31.4 Å². The van der Waals surface area contributed by atoms with Crippen molar-refractivity contribution < 1.29 is 4.92 Å². The van der Waals surface area contributed by atoms with Crippen LogP contribution in [0.1, 0.15) is 13.3 Å². The SMILES string of the molecule is CSCCC(C)N(C)c1cc(N)cc([N+](=O)[O-])c1. The van der Waals surface area contributed by atoms with Gasteiger partial charge >= 0.3 is 0 Å². The molecule has 0 amide bonds. The van der Waals surface area contributed by atoms with Crippen LogP contribution in [0.4, 0.5) is 17.1 Å². The molecule has 1 atom stereocenters. The minimum atomic E-state index is -0.416. The Bertz CT molecular complexity index is 426. The second-order valence-electron chi connectivity index (χ2n) is 4.28. The monoisotopic (exact) mass is 269 g/mol. The highest BCUT2D eigenvalue weighted by Crippen LogP contribution is 2.26. The van der Waals surface area contributed by atoms with Crippen molar-refractivity contribution in [2.45, 2.75) is 19.4 Å². The first-order chi connectivity index (χ1) is 8.45. The fourth-order valence-corrected chi connectivity index (χ4v) is 2.24. The average molecular weight is 269 g/mol. The normalized spacial score (nSPS) is 12.2. The first kappa shape index (κ1) is 14.6. The van der Waals surface area contributed by atoms with Crippen molar-refractivity contribution >= 4 is 28.8 Å². The molecule has 1 aromatic carbocycles. The third kappa shape index (κ3) is 3.80. The zero-order valence-electron chi connectivity index (χ0n) is 10.9. The number of nitrogen functional groups attached to an aromatic ring is 1. The quantitative estimate of drug-likeness (QED) is 0.488. The molecule has 0 bridgehead atoms. The van der Waals surface area contributed by atoms with Crippen LogP contribution in [-0.2, 0) is 0 Å². The second kappa shape index (κ2) is 6.49. The van der Waals surface area contributed by atoms with Gasteiger partial charge in [-0.3, -0.25) is 10.1 Å². The van der Waals surface area contributed by atoms with Crippen molar-refractivity contribution in [3.63, 3.8) is 0 Å². The van der Waals surface area contributed by atoms with E-state index < -0.39 is 4.92 Å². The number of nitro groups is 1. The number of nitro benzene ring substituents is 1. The van der Waals surface area contributed by atoms with Gasteiger partial charge in [0, 0.05) is 36.6 Å². The number of hydrogen-bond donors (Lipinski definition) is 1. The Hall–Kier alpha value is -1.43. The Morgan fingerprint density at radius 2 is 2.17 bits per heavy atom. The molecule has 0 fully saturated rings. The summed E-state index contributed by atoms with van der Waals surface area (Å²) in [6, 6.07) is 5.03. The third-order valence-electron chi connectivity index (χ3n) is 2.94. The van der Waals surface area contributed by atoms with Crippen LogP contribution in [0.2, 0.25) is 0 Å². The lowest BCUT2D eigenvalue weighted by molar-refractivity contribution is -0.384. The van der Waals surface area contributed by atoms with Crippen molar-refractivity contribution in [3.05, 3.63) is 28.3 Å². The second-order valence-corrected chi connectivity index (χ2v) is 5.27. The summed E-state index contributed by atoms with van der Waals surface area (Å²) in [5, 5.41) is 10.8. The van der Waals surface area contributed by atoms with Crippen molar-refractivity contribution in [3.8, 4) is 0 Å². The number of thioether (sulfide) groups is 1. The molecule has 0 aromatic heterocycles. The lowest BCUT2D eigenvalue weighted by atomic mass is 10.2. The molecule has 18 heavy (non-hydrogen) atoms. The van der Waals surface area contributed by atoms with Crippen LogP contribution in [0.15, 0.2) is 18.2 Å². The maximum Gasteiger partial charge on any atom is 0.273 e. The molecule has 0 saturated heterocycles. The van der Waals surface area contributed by atoms with Crippen molar-refractivity contribution in [2.24, 2.45) is 0 Å².